The standard InChI is InChI=1S/C12H9F3N2/c13-9-5-10(14)12(11(15)6-9)17-7-8-1-3-16-4-2-8/h1-6,17H,7H2. The van der Waals surface area contributed by atoms with Gasteiger partial charge in [0, 0.05) is 31.1 Å². The van der Waals surface area contributed by atoms with Crippen molar-refractivity contribution in [3.05, 3.63) is 59.7 Å². The second-order valence-corrected chi connectivity index (χ2v) is 3.45. The van der Waals surface area contributed by atoms with E-state index < -0.39 is 17.5 Å². The zero-order chi connectivity index (χ0) is 12.3. The molecule has 2 nitrogen and oxygen atoms in total. The molecule has 2 rings (SSSR count). The van der Waals surface area contributed by atoms with Crippen LogP contribution in [0.4, 0.5) is 18.9 Å². The van der Waals surface area contributed by atoms with Crippen LogP contribution >= 0.6 is 0 Å². The monoisotopic (exact) mass is 238 g/mol. The van der Waals surface area contributed by atoms with Crippen molar-refractivity contribution < 1.29 is 13.2 Å². The SMILES string of the molecule is Fc1cc(F)c(NCc2ccncc2)c(F)c1. The Kier molecular flexibility index (Phi) is 3.27. The minimum Gasteiger partial charge on any atom is -0.376 e. The first-order chi connectivity index (χ1) is 8.16. The third-order valence-electron chi connectivity index (χ3n) is 2.23. The van der Waals surface area contributed by atoms with Crippen LogP contribution in [0.3, 0.4) is 0 Å². The summed E-state index contributed by atoms with van der Waals surface area (Å²) in [6, 6.07) is 4.70. The molecule has 0 atom stereocenters. The Hall–Kier alpha value is -2.04. The van der Waals surface area contributed by atoms with Gasteiger partial charge in [-0.1, -0.05) is 0 Å². The second-order valence-electron chi connectivity index (χ2n) is 3.45. The number of hydrogen-bond acceptors (Lipinski definition) is 2. The molecule has 5 heteroatoms. The van der Waals surface area contributed by atoms with E-state index in [9.17, 15) is 13.2 Å². The summed E-state index contributed by atoms with van der Waals surface area (Å²) in [7, 11) is 0. The van der Waals surface area contributed by atoms with Crippen molar-refractivity contribution in [1.29, 1.82) is 0 Å². The number of hydrogen-bond donors (Lipinski definition) is 1. The molecule has 2 aromatic rings. The van der Waals surface area contributed by atoms with Gasteiger partial charge < -0.3 is 5.32 Å². The summed E-state index contributed by atoms with van der Waals surface area (Å²) >= 11 is 0. The van der Waals surface area contributed by atoms with E-state index >= 15 is 0 Å². The van der Waals surface area contributed by atoms with Crippen molar-refractivity contribution in [3.63, 3.8) is 0 Å². The highest BCUT2D eigenvalue weighted by molar-refractivity contribution is 5.46. The molecule has 1 aromatic carbocycles. The summed E-state index contributed by atoms with van der Waals surface area (Å²) in [6.07, 6.45) is 3.16. The summed E-state index contributed by atoms with van der Waals surface area (Å²) in [6.45, 7) is 0.238. The molecule has 0 bridgehead atoms. The molecule has 1 heterocycles. The van der Waals surface area contributed by atoms with E-state index in [4.69, 9.17) is 0 Å². The van der Waals surface area contributed by atoms with Gasteiger partial charge in [0.25, 0.3) is 0 Å². The Morgan fingerprint density at radius 2 is 1.59 bits per heavy atom. The molecule has 0 aliphatic heterocycles. The van der Waals surface area contributed by atoms with E-state index in [1.807, 2.05) is 0 Å². The van der Waals surface area contributed by atoms with Gasteiger partial charge in [0.15, 0.2) is 11.6 Å². The fraction of sp³-hybridized carbons (Fsp3) is 0.0833. The van der Waals surface area contributed by atoms with Crippen LogP contribution in [0.2, 0.25) is 0 Å². The topological polar surface area (TPSA) is 24.9 Å². The molecule has 0 fully saturated rings. The Morgan fingerprint density at radius 1 is 1.00 bits per heavy atom. The van der Waals surface area contributed by atoms with E-state index in [1.54, 1.807) is 24.5 Å². The molecule has 0 spiro atoms. The van der Waals surface area contributed by atoms with E-state index in [0.717, 1.165) is 5.56 Å². The molecule has 0 amide bonds. The van der Waals surface area contributed by atoms with E-state index in [2.05, 4.69) is 10.3 Å². The first kappa shape index (κ1) is 11.4. The zero-order valence-corrected chi connectivity index (χ0v) is 8.75. The normalized spacial score (nSPS) is 10.3. The molecule has 0 unspecified atom stereocenters. The third kappa shape index (κ3) is 2.75. The third-order valence-corrected chi connectivity index (χ3v) is 2.23. The summed E-state index contributed by atoms with van der Waals surface area (Å²) in [4.78, 5) is 3.82. The average Bonchev–Trinajstić information content (AvgIpc) is 2.29. The lowest BCUT2D eigenvalue weighted by atomic mass is 10.2. The lowest BCUT2D eigenvalue weighted by Gasteiger charge is -2.08. The number of rotatable bonds is 3. The number of nitrogens with zero attached hydrogens (tertiary/aromatic N) is 1. The number of pyridine rings is 1. The first-order valence-corrected chi connectivity index (χ1v) is 4.94. The Balaban J connectivity index is 2.15. The average molecular weight is 238 g/mol. The van der Waals surface area contributed by atoms with Crippen LogP contribution in [0.5, 0.6) is 0 Å². The number of aromatic nitrogens is 1. The minimum atomic E-state index is -0.948. The van der Waals surface area contributed by atoms with Crippen molar-refractivity contribution in [1.82, 2.24) is 4.98 Å². The van der Waals surface area contributed by atoms with Gasteiger partial charge in [-0.25, -0.2) is 13.2 Å². The molecule has 0 aliphatic rings. The molecule has 0 saturated heterocycles. The molecular formula is C12H9F3N2. The second kappa shape index (κ2) is 4.86. The van der Waals surface area contributed by atoms with E-state index in [0.29, 0.717) is 12.1 Å². The van der Waals surface area contributed by atoms with Crippen LogP contribution < -0.4 is 5.32 Å². The molecule has 88 valence electrons. The number of halogens is 3. The highest BCUT2D eigenvalue weighted by atomic mass is 19.1. The van der Waals surface area contributed by atoms with Crippen LogP contribution in [-0.2, 0) is 6.54 Å². The van der Waals surface area contributed by atoms with E-state index in [1.165, 1.54) is 0 Å². The van der Waals surface area contributed by atoms with Gasteiger partial charge in [-0.2, -0.15) is 0 Å². The lowest BCUT2D eigenvalue weighted by Crippen LogP contribution is -2.04. The predicted octanol–water partition coefficient (Wildman–Crippen LogP) is 3.11. The maximum atomic E-state index is 13.3. The van der Waals surface area contributed by atoms with Crippen LogP contribution in [0.1, 0.15) is 5.56 Å². The first-order valence-electron chi connectivity index (χ1n) is 4.94. The lowest BCUT2D eigenvalue weighted by molar-refractivity contribution is 0.547. The van der Waals surface area contributed by atoms with Gasteiger partial charge in [0.2, 0.25) is 0 Å². The van der Waals surface area contributed by atoms with Crippen molar-refractivity contribution in [2.75, 3.05) is 5.32 Å². The smallest absolute Gasteiger partial charge is 0.152 e. The molecule has 0 radical (unpaired) electrons. The van der Waals surface area contributed by atoms with Crippen molar-refractivity contribution in [2.24, 2.45) is 0 Å². The molecule has 0 aliphatic carbocycles. The largest absolute Gasteiger partial charge is 0.376 e. The number of anilines is 1. The van der Waals surface area contributed by atoms with Crippen LogP contribution in [-0.4, -0.2) is 4.98 Å². The van der Waals surface area contributed by atoms with Crippen LogP contribution in [0.15, 0.2) is 36.7 Å². The summed E-state index contributed by atoms with van der Waals surface area (Å²) < 4.78 is 39.2. The van der Waals surface area contributed by atoms with Crippen LogP contribution in [0.25, 0.3) is 0 Å². The fourth-order valence-corrected chi connectivity index (χ4v) is 1.40. The number of nitrogens with one attached hydrogen (secondary N) is 1. The minimum absolute atomic E-state index is 0.238. The van der Waals surface area contributed by atoms with Crippen molar-refractivity contribution in [2.45, 2.75) is 6.54 Å². The van der Waals surface area contributed by atoms with Gasteiger partial charge in [-0.15, -0.1) is 0 Å². The maximum absolute atomic E-state index is 13.3. The number of benzene rings is 1. The quantitative estimate of drug-likeness (QED) is 0.888. The molecule has 1 N–H and O–H groups in total. The van der Waals surface area contributed by atoms with Crippen molar-refractivity contribution >= 4 is 5.69 Å². The summed E-state index contributed by atoms with van der Waals surface area (Å²) in [5.41, 5.74) is 0.492. The van der Waals surface area contributed by atoms with Gasteiger partial charge in [0.05, 0.1) is 0 Å². The summed E-state index contributed by atoms with van der Waals surface area (Å²) in [5, 5.41) is 2.58. The highest BCUT2D eigenvalue weighted by Gasteiger charge is 2.10. The highest BCUT2D eigenvalue weighted by Crippen LogP contribution is 2.20. The fourth-order valence-electron chi connectivity index (χ4n) is 1.40. The van der Waals surface area contributed by atoms with Gasteiger partial charge >= 0.3 is 0 Å². The van der Waals surface area contributed by atoms with Gasteiger partial charge in [0.1, 0.15) is 11.5 Å². The van der Waals surface area contributed by atoms with Crippen LogP contribution in [0, 0.1) is 17.5 Å². The summed E-state index contributed by atoms with van der Waals surface area (Å²) in [5.74, 6) is -2.83. The zero-order valence-electron chi connectivity index (χ0n) is 8.75. The molecule has 1 aromatic heterocycles. The van der Waals surface area contributed by atoms with Crippen molar-refractivity contribution in [3.8, 4) is 0 Å². The maximum Gasteiger partial charge on any atom is 0.152 e. The van der Waals surface area contributed by atoms with Gasteiger partial charge in [-0.05, 0) is 17.7 Å². The Labute approximate surface area is 96.1 Å². The molecule has 17 heavy (non-hydrogen) atoms. The van der Waals surface area contributed by atoms with Gasteiger partial charge in [-0.3, -0.25) is 4.98 Å². The predicted molar refractivity (Wildman–Crippen MR) is 57.9 cm³/mol. The van der Waals surface area contributed by atoms with E-state index in [-0.39, 0.29) is 12.2 Å². The molecule has 0 saturated carbocycles. The Morgan fingerprint density at radius 3 is 2.18 bits per heavy atom. The Bertz CT molecular complexity index is 491. The molecular weight excluding hydrogens is 229 g/mol.